The fraction of sp³-hybridized carbons (Fsp3) is 0.588. The molecule has 0 bridgehead atoms. The Morgan fingerprint density at radius 1 is 1.42 bits per heavy atom. The molecular weight excluding hydrogens is 326 g/mol. The Morgan fingerprint density at radius 3 is 3.08 bits per heavy atom. The second kappa shape index (κ2) is 5.97. The first-order valence-corrected chi connectivity index (χ1v) is 9.24. The highest BCUT2D eigenvalue weighted by Gasteiger charge is 2.38. The summed E-state index contributed by atoms with van der Waals surface area (Å²) in [6.07, 6.45) is 4.78. The maximum atomic E-state index is 12.8. The van der Waals surface area contributed by atoms with Crippen LogP contribution in [0.4, 0.5) is 0 Å². The summed E-state index contributed by atoms with van der Waals surface area (Å²) in [5, 5.41) is 0.647. The molecule has 0 aromatic carbocycles. The average molecular weight is 347 g/mol. The van der Waals surface area contributed by atoms with Crippen molar-refractivity contribution in [2.45, 2.75) is 51.8 Å². The second-order valence-electron chi connectivity index (χ2n) is 6.64. The molecule has 128 valence electrons. The topological polar surface area (TPSA) is 64.4 Å². The number of carbonyl (C=O) groups is 1. The molecule has 24 heavy (non-hydrogen) atoms. The molecule has 1 saturated carbocycles. The van der Waals surface area contributed by atoms with Crippen LogP contribution < -0.4 is 5.56 Å². The highest BCUT2D eigenvalue weighted by Crippen LogP contribution is 2.30. The number of rotatable bonds is 2. The van der Waals surface area contributed by atoms with E-state index in [1.807, 2.05) is 18.7 Å². The molecule has 1 amide bonds. The number of aryl methyl sites for hydroxylation is 2. The zero-order valence-corrected chi connectivity index (χ0v) is 14.8. The Bertz CT molecular complexity index is 857. The zero-order valence-electron chi connectivity index (χ0n) is 13.9. The number of amides is 1. The second-order valence-corrected chi connectivity index (χ2v) is 7.84. The predicted molar refractivity (Wildman–Crippen MR) is 92.4 cm³/mol. The summed E-state index contributed by atoms with van der Waals surface area (Å²) < 4.78 is 7.21. The molecule has 2 fully saturated rings. The molecule has 3 heterocycles. The lowest BCUT2D eigenvalue weighted by molar-refractivity contribution is -0.144. The van der Waals surface area contributed by atoms with Crippen molar-refractivity contribution in [1.29, 1.82) is 0 Å². The van der Waals surface area contributed by atoms with Gasteiger partial charge in [0.25, 0.3) is 5.56 Å². The molecule has 1 aliphatic carbocycles. The van der Waals surface area contributed by atoms with Crippen molar-refractivity contribution in [3.63, 3.8) is 0 Å². The Kier molecular flexibility index (Phi) is 3.92. The summed E-state index contributed by atoms with van der Waals surface area (Å²) in [7, 11) is 0. The van der Waals surface area contributed by atoms with E-state index < -0.39 is 0 Å². The third-order valence-corrected chi connectivity index (χ3v) is 6.38. The summed E-state index contributed by atoms with van der Waals surface area (Å²) in [4.78, 5) is 33.6. The maximum absolute atomic E-state index is 12.8. The van der Waals surface area contributed by atoms with Crippen LogP contribution in [-0.2, 0) is 16.1 Å². The molecule has 2 aliphatic rings. The molecule has 2 atom stereocenters. The van der Waals surface area contributed by atoms with Gasteiger partial charge in [-0.15, -0.1) is 11.3 Å². The number of ether oxygens (including phenoxy) is 1. The Morgan fingerprint density at radius 2 is 2.25 bits per heavy atom. The first-order chi connectivity index (χ1) is 11.6. The SMILES string of the molecule is Cc1sc2ncn(CC(=O)N3CCO[C@@H]4CCC[C@H]43)c(=O)c2c1C. The van der Waals surface area contributed by atoms with E-state index >= 15 is 0 Å². The fourth-order valence-corrected chi connectivity index (χ4v) is 4.84. The third kappa shape index (κ3) is 2.46. The van der Waals surface area contributed by atoms with Crippen LogP contribution in [0.3, 0.4) is 0 Å². The smallest absolute Gasteiger partial charge is 0.262 e. The number of nitrogens with zero attached hydrogens (tertiary/aromatic N) is 3. The van der Waals surface area contributed by atoms with E-state index in [-0.39, 0.29) is 30.2 Å². The minimum absolute atomic E-state index is 0.0111. The van der Waals surface area contributed by atoms with Crippen molar-refractivity contribution in [3.05, 3.63) is 27.1 Å². The van der Waals surface area contributed by atoms with E-state index in [1.165, 1.54) is 22.2 Å². The van der Waals surface area contributed by atoms with Crippen LogP contribution in [0.2, 0.25) is 0 Å². The van der Waals surface area contributed by atoms with Crippen molar-refractivity contribution in [1.82, 2.24) is 14.5 Å². The van der Waals surface area contributed by atoms with Gasteiger partial charge in [-0.05, 0) is 38.7 Å². The number of carbonyl (C=O) groups excluding carboxylic acids is 1. The van der Waals surface area contributed by atoms with Gasteiger partial charge in [0.15, 0.2) is 0 Å². The van der Waals surface area contributed by atoms with Crippen LogP contribution in [-0.4, -0.2) is 45.7 Å². The van der Waals surface area contributed by atoms with Crippen LogP contribution >= 0.6 is 11.3 Å². The van der Waals surface area contributed by atoms with Gasteiger partial charge in [-0.2, -0.15) is 0 Å². The van der Waals surface area contributed by atoms with Crippen LogP contribution in [0.5, 0.6) is 0 Å². The molecule has 2 aromatic heterocycles. The summed E-state index contributed by atoms with van der Waals surface area (Å²) >= 11 is 1.52. The summed E-state index contributed by atoms with van der Waals surface area (Å²) in [6.45, 7) is 5.18. The highest BCUT2D eigenvalue weighted by molar-refractivity contribution is 7.18. The lowest BCUT2D eigenvalue weighted by Crippen LogP contribution is -2.52. The first-order valence-electron chi connectivity index (χ1n) is 8.42. The van der Waals surface area contributed by atoms with Gasteiger partial charge in [0, 0.05) is 11.4 Å². The van der Waals surface area contributed by atoms with Crippen molar-refractivity contribution in [3.8, 4) is 0 Å². The number of hydrogen-bond acceptors (Lipinski definition) is 5. The van der Waals surface area contributed by atoms with Gasteiger partial charge < -0.3 is 9.64 Å². The number of fused-ring (bicyclic) bond motifs is 2. The molecule has 6 nitrogen and oxygen atoms in total. The minimum atomic E-state index is -0.119. The first kappa shape index (κ1) is 15.8. The van der Waals surface area contributed by atoms with Gasteiger partial charge >= 0.3 is 0 Å². The largest absolute Gasteiger partial charge is 0.374 e. The van der Waals surface area contributed by atoms with E-state index in [9.17, 15) is 9.59 Å². The molecule has 0 spiro atoms. The van der Waals surface area contributed by atoms with E-state index in [1.54, 1.807) is 0 Å². The van der Waals surface area contributed by atoms with E-state index in [2.05, 4.69) is 4.98 Å². The van der Waals surface area contributed by atoms with E-state index in [0.29, 0.717) is 18.5 Å². The number of aromatic nitrogens is 2. The monoisotopic (exact) mass is 347 g/mol. The van der Waals surface area contributed by atoms with E-state index in [0.717, 1.165) is 34.5 Å². The van der Waals surface area contributed by atoms with Gasteiger partial charge in [-0.25, -0.2) is 4.98 Å². The maximum Gasteiger partial charge on any atom is 0.262 e. The molecular formula is C17H21N3O3S. The van der Waals surface area contributed by atoms with Crippen molar-refractivity contribution in [2.75, 3.05) is 13.2 Å². The molecule has 0 N–H and O–H groups in total. The minimum Gasteiger partial charge on any atom is -0.374 e. The Labute approximate surface area is 144 Å². The molecule has 1 aliphatic heterocycles. The van der Waals surface area contributed by atoms with Crippen LogP contribution in [0, 0.1) is 13.8 Å². The van der Waals surface area contributed by atoms with Gasteiger partial charge in [0.1, 0.15) is 11.4 Å². The molecule has 4 rings (SSSR count). The normalized spacial score (nSPS) is 23.7. The van der Waals surface area contributed by atoms with Crippen LogP contribution in [0.1, 0.15) is 29.7 Å². The molecule has 0 radical (unpaired) electrons. The Balaban J connectivity index is 1.62. The van der Waals surface area contributed by atoms with Gasteiger partial charge in [-0.1, -0.05) is 0 Å². The lowest BCUT2D eigenvalue weighted by Gasteiger charge is -2.37. The predicted octanol–water partition coefficient (Wildman–Crippen LogP) is 1.85. The Hall–Kier alpha value is -1.73. The summed E-state index contributed by atoms with van der Waals surface area (Å²) in [5.41, 5.74) is 0.850. The van der Waals surface area contributed by atoms with Gasteiger partial charge in [-0.3, -0.25) is 14.2 Å². The summed E-state index contributed by atoms with van der Waals surface area (Å²) in [6, 6.07) is 0.170. The molecule has 2 aromatic rings. The molecule has 1 saturated heterocycles. The molecule has 0 unspecified atom stereocenters. The number of thiophene rings is 1. The van der Waals surface area contributed by atoms with Crippen molar-refractivity contribution in [2.24, 2.45) is 0 Å². The standard InChI is InChI=1S/C17H21N3O3S/c1-10-11(2)24-16-15(10)17(22)19(9-18-16)8-14(21)20-6-7-23-13-5-3-4-12(13)20/h9,12-13H,3-8H2,1-2H3/t12-,13-/m1/s1. The third-order valence-electron chi connectivity index (χ3n) is 5.26. The summed E-state index contributed by atoms with van der Waals surface area (Å²) in [5.74, 6) is -0.0111. The van der Waals surface area contributed by atoms with Crippen LogP contribution in [0.15, 0.2) is 11.1 Å². The van der Waals surface area contributed by atoms with Crippen LogP contribution in [0.25, 0.3) is 10.2 Å². The zero-order chi connectivity index (χ0) is 16.8. The fourth-order valence-electron chi connectivity index (χ4n) is 3.85. The van der Waals surface area contributed by atoms with Gasteiger partial charge in [0.2, 0.25) is 5.91 Å². The average Bonchev–Trinajstić information content (AvgIpc) is 3.15. The van der Waals surface area contributed by atoms with Crippen molar-refractivity contribution < 1.29 is 9.53 Å². The van der Waals surface area contributed by atoms with Gasteiger partial charge in [0.05, 0.1) is 30.5 Å². The van der Waals surface area contributed by atoms with E-state index in [4.69, 9.17) is 4.74 Å². The van der Waals surface area contributed by atoms with Crippen molar-refractivity contribution >= 4 is 27.5 Å². The number of hydrogen-bond donors (Lipinski definition) is 0. The highest BCUT2D eigenvalue weighted by atomic mass is 32.1. The lowest BCUT2D eigenvalue weighted by atomic mass is 10.1. The quantitative estimate of drug-likeness (QED) is 0.832. The number of morpholine rings is 1. The molecule has 7 heteroatoms.